The van der Waals surface area contributed by atoms with E-state index in [9.17, 15) is 9.18 Å². The SMILES string of the molecule is O=c1cc(CN2C[C@@H]3CCCN[C@@H]3C2)[nH]c2ccc(F)cc12. The molecule has 22 heavy (non-hydrogen) atoms. The summed E-state index contributed by atoms with van der Waals surface area (Å²) < 4.78 is 13.2. The Kier molecular flexibility index (Phi) is 3.47. The lowest BCUT2D eigenvalue weighted by Gasteiger charge is -2.24. The van der Waals surface area contributed by atoms with Crippen molar-refractivity contribution < 1.29 is 4.39 Å². The fraction of sp³-hybridized carbons (Fsp3) is 0.471. The summed E-state index contributed by atoms with van der Waals surface area (Å²) in [5, 5.41) is 4.01. The Morgan fingerprint density at radius 2 is 2.18 bits per heavy atom. The summed E-state index contributed by atoms with van der Waals surface area (Å²) in [6.45, 7) is 3.99. The van der Waals surface area contributed by atoms with Crippen molar-refractivity contribution in [1.29, 1.82) is 0 Å². The van der Waals surface area contributed by atoms with Crippen LogP contribution in [-0.2, 0) is 6.54 Å². The third-order valence-electron chi connectivity index (χ3n) is 4.92. The lowest BCUT2D eigenvalue weighted by molar-refractivity contribution is 0.309. The molecule has 2 aromatic rings. The number of aromatic amines is 1. The second-order valence-corrected chi connectivity index (χ2v) is 6.51. The fourth-order valence-corrected chi connectivity index (χ4v) is 3.87. The van der Waals surface area contributed by atoms with Crippen LogP contribution < -0.4 is 10.7 Å². The van der Waals surface area contributed by atoms with Crippen molar-refractivity contribution in [2.75, 3.05) is 19.6 Å². The van der Waals surface area contributed by atoms with Crippen molar-refractivity contribution in [3.63, 3.8) is 0 Å². The highest BCUT2D eigenvalue weighted by Gasteiger charge is 2.34. The molecule has 0 unspecified atom stereocenters. The van der Waals surface area contributed by atoms with E-state index in [0.29, 0.717) is 16.9 Å². The van der Waals surface area contributed by atoms with Crippen LogP contribution in [0.4, 0.5) is 4.39 Å². The molecule has 2 saturated heterocycles. The number of pyridine rings is 1. The quantitative estimate of drug-likeness (QED) is 0.890. The first-order valence-corrected chi connectivity index (χ1v) is 7.96. The van der Waals surface area contributed by atoms with Gasteiger partial charge in [-0.25, -0.2) is 4.39 Å². The van der Waals surface area contributed by atoms with Crippen LogP contribution >= 0.6 is 0 Å². The predicted octanol–water partition coefficient (Wildman–Crippen LogP) is 1.85. The molecule has 0 radical (unpaired) electrons. The number of likely N-dealkylation sites (tertiary alicyclic amines) is 1. The molecule has 0 aliphatic carbocycles. The molecule has 3 heterocycles. The zero-order valence-corrected chi connectivity index (χ0v) is 12.4. The molecule has 5 heteroatoms. The van der Waals surface area contributed by atoms with Crippen molar-refractivity contribution in [2.45, 2.75) is 25.4 Å². The molecule has 116 valence electrons. The predicted molar refractivity (Wildman–Crippen MR) is 84.3 cm³/mol. The van der Waals surface area contributed by atoms with Gasteiger partial charge in [-0.1, -0.05) is 0 Å². The van der Waals surface area contributed by atoms with Gasteiger partial charge in [-0.2, -0.15) is 0 Å². The van der Waals surface area contributed by atoms with Crippen molar-refractivity contribution in [1.82, 2.24) is 15.2 Å². The monoisotopic (exact) mass is 301 g/mol. The molecule has 0 spiro atoms. The van der Waals surface area contributed by atoms with Crippen molar-refractivity contribution >= 4 is 10.9 Å². The van der Waals surface area contributed by atoms with Crippen LogP contribution in [0, 0.1) is 11.7 Å². The number of hydrogen-bond acceptors (Lipinski definition) is 3. The number of H-pyrrole nitrogens is 1. The van der Waals surface area contributed by atoms with E-state index in [1.807, 2.05) is 0 Å². The summed E-state index contributed by atoms with van der Waals surface area (Å²) in [6, 6.07) is 6.52. The van der Waals surface area contributed by atoms with E-state index in [-0.39, 0.29) is 11.2 Å². The molecule has 2 fully saturated rings. The Bertz CT molecular complexity index is 743. The molecular weight excluding hydrogens is 281 g/mol. The molecule has 4 rings (SSSR count). The molecule has 1 aromatic heterocycles. The molecule has 0 bridgehead atoms. The highest BCUT2D eigenvalue weighted by Crippen LogP contribution is 2.25. The summed E-state index contributed by atoms with van der Waals surface area (Å²) in [7, 11) is 0. The molecule has 0 saturated carbocycles. The summed E-state index contributed by atoms with van der Waals surface area (Å²) in [4.78, 5) is 17.8. The maximum Gasteiger partial charge on any atom is 0.189 e. The summed E-state index contributed by atoms with van der Waals surface area (Å²) >= 11 is 0. The smallest absolute Gasteiger partial charge is 0.189 e. The fourth-order valence-electron chi connectivity index (χ4n) is 3.87. The normalized spacial score (nSPS) is 25.5. The second-order valence-electron chi connectivity index (χ2n) is 6.51. The minimum atomic E-state index is -0.375. The van der Waals surface area contributed by atoms with E-state index in [2.05, 4.69) is 15.2 Å². The first-order chi connectivity index (χ1) is 10.7. The van der Waals surface area contributed by atoms with Crippen molar-refractivity contribution in [2.24, 2.45) is 5.92 Å². The molecule has 2 N–H and O–H groups in total. The summed E-state index contributed by atoms with van der Waals surface area (Å²) in [5.41, 5.74) is 1.50. The number of piperidine rings is 1. The molecule has 4 nitrogen and oxygen atoms in total. The van der Waals surface area contributed by atoms with Gasteiger partial charge in [0.15, 0.2) is 5.43 Å². The van der Waals surface area contributed by atoms with Crippen LogP contribution in [0.15, 0.2) is 29.1 Å². The van der Waals surface area contributed by atoms with Crippen LogP contribution in [0.5, 0.6) is 0 Å². The van der Waals surface area contributed by atoms with Gasteiger partial charge in [-0.3, -0.25) is 9.69 Å². The Labute approximate surface area is 128 Å². The van der Waals surface area contributed by atoms with Gasteiger partial charge in [-0.05, 0) is 43.5 Å². The second kappa shape index (κ2) is 5.48. The largest absolute Gasteiger partial charge is 0.357 e. The third kappa shape index (κ3) is 2.55. The van der Waals surface area contributed by atoms with Gasteiger partial charge >= 0.3 is 0 Å². The van der Waals surface area contributed by atoms with Crippen LogP contribution in [0.1, 0.15) is 18.5 Å². The van der Waals surface area contributed by atoms with Gasteiger partial charge in [0.2, 0.25) is 0 Å². The van der Waals surface area contributed by atoms with Gasteiger partial charge in [0, 0.05) is 48.3 Å². The molecule has 1 aromatic carbocycles. The lowest BCUT2D eigenvalue weighted by atomic mass is 9.94. The average molecular weight is 301 g/mol. The molecule has 2 aliphatic heterocycles. The number of hydrogen-bond donors (Lipinski definition) is 2. The molecule has 2 atom stereocenters. The Morgan fingerprint density at radius 1 is 1.27 bits per heavy atom. The van der Waals surface area contributed by atoms with Crippen LogP contribution in [0.25, 0.3) is 10.9 Å². The molecule has 2 aliphatic rings. The minimum Gasteiger partial charge on any atom is -0.357 e. The number of fused-ring (bicyclic) bond motifs is 2. The number of rotatable bonds is 2. The number of nitrogens with zero attached hydrogens (tertiary/aromatic N) is 1. The maximum atomic E-state index is 13.2. The first-order valence-electron chi connectivity index (χ1n) is 7.96. The number of aromatic nitrogens is 1. The zero-order chi connectivity index (χ0) is 15.1. The average Bonchev–Trinajstić information content (AvgIpc) is 2.90. The highest BCUT2D eigenvalue weighted by molar-refractivity contribution is 5.78. The van der Waals surface area contributed by atoms with E-state index < -0.39 is 0 Å². The topological polar surface area (TPSA) is 48.1 Å². The zero-order valence-electron chi connectivity index (χ0n) is 12.4. The van der Waals surface area contributed by atoms with Crippen LogP contribution in [0.3, 0.4) is 0 Å². The maximum absolute atomic E-state index is 13.2. The highest BCUT2D eigenvalue weighted by atomic mass is 19.1. The minimum absolute atomic E-state index is 0.113. The Balaban J connectivity index is 1.57. The first kappa shape index (κ1) is 13.9. The third-order valence-corrected chi connectivity index (χ3v) is 4.92. The van der Waals surface area contributed by atoms with Gasteiger partial charge in [0.1, 0.15) is 5.82 Å². The van der Waals surface area contributed by atoms with Crippen molar-refractivity contribution in [3.05, 3.63) is 46.0 Å². The van der Waals surface area contributed by atoms with Crippen molar-refractivity contribution in [3.8, 4) is 0 Å². The van der Waals surface area contributed by atoms with Gasteiger partial charge < -0.3 is 10.3 Å². The number of benzene rings is 1. The van der Waals surface area contributed by atoms with E-state index in [0.717, 1.165) is 37.8 Å². The van der Waals surface area contributed by atoms with E-state index >= 15 is 0 Å². The standard InChI is InChI=1S/C17H20FN3O/c18-12-3-4-15-14(6-12)17(22)7-13(20-15)9-21-8-11-2-1-5-19-16(11)10-21/h3-4,6-7,11,16,19H,1-2,5,8-10H2,(H,20,22)/t11-,16+/m0/s1. The van der Waals surface area contributed by atoms with Crippen LogP contribution in [-0.4, -0.2) is 35.6 Å². The Morgan fingerprint density at radius 3 is 3.05 bits per heavy atom. The van der Waals surface area contributed by atoms with Gasteiger partial charge in [0.25, 0.3) is 0 Å². The van der Waals surface area contributed by atoms with E-state index in [4.69, 9.17) is 0 Å². The van der Waals surface area contributed by atoms with E-state index in [1.54, 1.807) is 12.1 Å². The Hall–Kier alpha value is -1.72. The van der Waals surface area contributed by atoms with Gasteiger partial charge in [0.05, 0.1) is 0 Å². The number of nitrogens with one attached hydrogen (secondary N) is 2. The summed E-state index contributed by atoms with van der Waals surface area (Å²) in [6.07, 6.45) is 2.55. The van der Waals surface area contributed by atoms with Gasteiger partial charge in [-0.15, -0.1) is 0 Å². The van der Waals surface area contributed by atoms with Crippen LogP contribution in [0.2, 0.25) is 0 Å². The molecule has 0 amide bonds. The summed E-state index contributed by atoms with van der Waals surface area (Å²) in [5.74, 6) is 0.357. The lowest BCUT2D eigenvalue weighted by Crippen LogP contribution is -2.40. The van der Waals surface area contributed by atoms with E-state index in [1.165, 1.54) is 25.0 Å². The number of halogens is 1. The molecular formula is C17H20FN3O.